The topological polar surface area (TPSA) is 69.4 Å². The van der Waals surface area contributed by atoms with E-state index in [2.05, 4.69) is 20.7 Å². The smallest absolute Gasteiger partial charge is 0.339 e. The fourth-order valence-electron chi connectivity index (χ4n) is 2.14. The van der Waals surface area contributed by atoms with Crippen LogP contribution in [-0.2, 0) is 17.6 Å². The van der Waals surface area contributed by atoms with Gasteiger partial charge in [-0.05, 0) is 46.8 Å². The summed E-state index contributed by atoms with van der Waals surface area (Å²) in [6, 6.07) is 1.69. The molecule has 0 spiro atoms. The van der Waals surface area contributed by atoms with Crippen LogP contribution >= 0.6 is 15.9 Å². The van der Waals surface area contributed by atoms with Crippen LogP contribution < -0.4 is 0 Å². The Labute approximate surface area is 106 Å². The van der Waals surface area contributed by atoms with Crippen molar-refractivity contribution in [3.05, 3.63) is 37.3 Å². The molecule has 0 aliphatic heterocycles. The van der Waals surface area contributed by atoms with Gasteiger partial charge < -0.3 is 4.74 Å². The Hall–Kier alpha value is -1.43. The minimum atomic E-state index is -0.560. The van der Waals surface area contributed by atoms with Gasteiger partial charge in [0, 0.05) is 5.56 Å². The lowest BCUT2D eigenvalue weighted by Crippen LogP contribution is -2.07. The van der Waals surface area contributed by atoms with Crippen molar-refractivity contribution in [3.63, 3.8) is 0 Å². The van der Waals surface area contributed by atoms with Crippen molar-refractivity contribution in [2.75, 3.05) is 7.11 Å². The zero-order valence-corrected chi connectivity index (χ0v) is 10.7. The number of benzene rings is 1. The highest BCUT2D eigenvalue weighted by Crippen LogP contribution is 2.39. The standard InChI is InChI=1S/C11H10BrNO4/c1-17-11(14)8-5-6-3-2-4-7(6)10(9(8)12)13(15)16/h5H,2-4H2,1H3. The van der Waals surface area contributed by atoms with Gasteiger partial charge in [-0.15, -0.1) is 0 Å². The summed E-state index contributed by atoms with van der Waals surface area (Å²) in [4.78, 5) is 22.2. The summed E-state index contributed by atoms with van der Waals surface area (Å²) in [5.74, 6) is -0.560. The molecule has 0 fully saturated rings. The molecule has 0 saturated carbocycles. The number of nitro groups is 1. The number of carbonyl (C=O) groups is 1. The van der Waals surface area contributed by atoms with Gasteiger partial charge in [0.2, 0.25) is 0 Å². The van der Waals surface area contributed by atoms with Crippen molar-refractivity contribution < 1.29 is 14.5 Å². The average molecular weight is 300 g/mol. The average Bonchev–Trinajstić information content (AvgIpc) is 2.73. The van der Waals surface area contributed by atoms with Gasteiger partial charge in [0.1, 0.15) is 4.47 Å². The van der Waals surface area contributed by atoms with E-state index in [-0.39, 0.29) is 15.7 Å². The molecule has 0 atom stereocenters. The van der Waals surface area contributed by atoms with Crippen molar-refractivity contribution >= 4 is 27.6 Å². The molecule has 90 valence electrons. The van der Waals surface area contributed by atoms with Crippen molar-refractivity contribution in [3.8, 4) is 0 Å². The van der Waals surface area contributed by atoms with Crippen LogP contribution in [0.15, 0.2) is 10.5 Å². The van der Waals surface area contributed by atoms with Gasteiger partial charge in [-0.2, -0.15) is 0 Å². The number of fused-ring (bicyclic) bond motifs is 1. The normalized spacial score (nSPS) is 13.3. The Morgan fingerprint density at radius 2 is 2.24 bits per heavy atom. The van der Waals surface area contributed by atoms with E-state index in [1.54, 1.807) is 6.07 Å². The summed E-state index contributed by atoms with van der Waals surface area (Å²) in [5.41, 5.74) is 1.83. The number of aryl methyl sites for hydroxylation is 1. The second-order valence-electron chi connectivity index (χ2n) is 3.83. The molecule has 1 aromatic carbocycles. The molecule has 2 rings (SSSR count). The molecule has 1 aliphatic carbocycles. The Bertz CT molecular complexity index is 513. The van der Waals surface area contributed by atoms with E-state index in [9.17, 15) is 14.9 Å². The minimum Gasteiger partial charge on any atom is -0.465 e. The van der Waals surface area contributed by atoms with Crippen LogP contribution in [0.1, 0.15) is 27.9 Å². The molecule has 0 unspecified atom stereocenters. The predicted octanol–water partition coefficient (Wildman–Crippen LogP) is 2.63. The number of hydrogen-bond acceptors (Lipinski definition) is 4. The first-order valence-electron chi connectivity index (χ1n) is 5.13. The number of ether oxygens (including phenoxy) is 1. The highest BCUT2D eigenvalue weighted by Gasteiger charge is 2.30. The summed E-state index contributed by atoms with van der Waals surface area (Å²) < 4.78 is 4.84. The summed E-state index contributed by atoms with van der Waals surface area (Å²) in [5, 5.41) is 11.1. The molecular weight excluding hydrogens is 290 g/mol. The predicted molar refractivity (Wildman–Crippen MR) is 64.2 cm³/mol. The molecule has 0 bridgehead atoms. The zero-order valence-electron chi connectivity index (χ0n) is 9.16. The van der Waals surface area contributed by atoms with E-state index in [4.69, 9.17) is 0 Å². The van der Waals surface area contributed by atoms with Crippen molar-refractivity contribution in [1.29, 1.82) is 0 Å². The lowest BCUT2D eigenvalue weighted by Gasteiger charge is -2.08. The number of nitro benzene ring substituents is 1. The largest absolute Gasteiger partial charge is 0.465 e. The summed E-state index contributed by atoms with van der Waals surface area (Å²) in [6.07, 6.45) is 2.34. The van der Waals surface area contributed by atoms with Crippen LogP contribution in [0.5, 0.6) is 0 Å². The number of halogens is 1. The zero-order chi connectivity index (χ0) is 12.6. The summed E-state index contributed by atoms with van der Waals surface area (Å²) in [6.45, 7) is 0. The number of nitrogens with zero attached hydrogens (tertiary/aromatic N) is 1. The second-order valence-corrected chi connectivity index (χ2v) is 4.62. The SMILES string of the molecule is COC(=O)c1cc2c(c([N+](=O)[O-])c1Br)CCC2. The number of rotatable bonds is 2. The number of methoxy groups -OCH3 is 1. The molecule has 1 aromatic rings. The van der Waals surface area contributed by atoms with Crippen molar-refractivity contribution in [2.45, 2.75) is 19.3 Å². The first-order chi connectivity index (χ1) is 8.06. The quantitative estimate of drug-likeness (QED) is 0.478. The molecule has 0 aromatic heterocycles. The summed E-state index contributed by atoms with van der Waals surface area (Å²) >= 11 is 3.13. The van der Waals surface area contributed by atoms with Gasteiger partial charge in [0.15, 0.2) is 0 Å². The molecule has 0 saturated heterocycles. The highest BCUT2D eigenvalue weighted by molar-refractivity contribution is 9.10. The van der Waals surface area contributed by atoms with E-state index in [1.807, 2.05) is 0 Å². The molecule has 0 amide bonds. The monoisotopic (exact) mass is 299 g/mol. The Balaban J connectivity index is 2.69. The van der Waals surface area contributed by atoms with Gasteiger partial charge in [0.05, 0.1) is 17.6 Å². The molecule has 0 heterocycles. The Morgan fingerprint density at radius 3 is 2.82 bits per heavy atom. The fourth-order valence-corrected chi connectivity index (χ4v) is 2.80. The maximum Gasteiger partial charge on any atom is 0.339 e. The van der Waals surface area contributed by atoms with Gasteiger partial charge >= 0.3 is 5.97 Å². The molecule has 17 heavy (non-hydrogen) atoms. The van der Waals surface area contributed by atoms with E-state index >= 15 is 0 Å². The molecule has 1 aliphatic rings. The van der Waals surface area contributed by atoms with E-state index < -0.39 is 10.9 Å². The first kappa shape index (κ1) is 12.0. The fraction of sp³-hybridized carbons (Fsp3) is 0.364. The number of esters is 1. The lowest BCUT2D eigenvalue weighted by molar-refractivity contribution is -0.386. The first-order valence-corrected chi connectivity index (χ1v) is 5.92. The lowest BCUT2D eigenvalue weighted by atomic mass is 10.0. The third-order valence-electron chi connectivity index (χ3n) is 2.90. The van der Waals surface area contributed by atoms with E-state index in [1.165, 1.54) is 7.11 Å². The molecular formula is C11H10BrNO4. The van der Waals surface area contributed by atoms with Crippen molar-refractivity contribution in [1.82, 2.24) is 0 Å². The third kappa shape index (κ3) is 1.93. The van der Waals surface area contributed by atoms with Crippen LogP contribution in [0.25, 0.3) is 0 Å². The van der Waals surface area contributed by atoms with Gasteiger partial charge in [-0.25, -0.2) is 4.79 Å². The third-order valence-corrected chi connectivity index (χ3v) is 3.70. The molecule has 0 N–H and O–H groups in total. The maximum absolute atomic E-state index is 11.5. The Morgan fingerprint density at radius 1 is 1.53 bits per heavy atom. The van der Waals surface area contributed by atoms with Crippen LogP contribution in [0.4, 0.5) is 5.69 Å². The minimum absolute atomic E-state index is 0.000370. The van der Waals surface area contributed by atoms with Gasteiger partial charge in [0.25, 0.3) is 5.69 Å². The number of hydrogen-bond donors (Lipinski definition) is 0. The van der Waals surface area contributed by atoms with Crippen LogP contribution in [0, 0.1) is 10.1 Å². The highest BCUT2D eigenvalue weighted by atomic mass is 79.9. The molecule has 0 radical (unpaired) electrons. The molecule has 6 heteroatoms. The van der Waals surface area contributed by atoms with Crippen molar-refractivity contribution in [2.24, 2.45) is 0 Å². The van der Waals surface area contributed by atoms with E-state index in [0.717, 1.165) is 24.0 Å². The van der Waals surface area contributed by atoms with Crippen LogP contribution in [0.3, 0.4) is 0 Å². The molecule has 5 nitrogen and oxygen atoms in total. The van der Waals surface area contributed by atoms with Crippen LogP contribution in [0.2, 0.25) is 0 Å². The number of carbonyl (C=O) groups excluding carboxylic acids is 1. The second kappa shape index (κ2) is 4.44. The van der Waals surface area contributed by atoms with Crippen LogP contribution in [-0.4, -0.2) is 18.0 Å². The summed E-state index contributed by atoms with van der Waals surface area (Å²) in [7, 11) is 1.26. The Kier molecular flexibility index (Phi) is 3.15. The van der Waals surface area contributed by atoms with Gasteiger partial charge in [-0.1, -0.05) is 0 Å². The van der Waals surface area contributed by atoms with E-state index in [0.29, 0.717) is 6.42 Å². The van der Waals surface area contributed by atoms with Gasteiger partial charge in [-0.3, -0.25) is 10.1 Å². The maximum atomic E-state index is 11.5.